The van der Waals surface area contributed by atoms with Crippen molar-refractivity contribution in [3.63, 3.8) is 0 Å². The van der Waals surface area contributed by atoms with Crippen molar-refractivity contribution >= 4 is 17.7 Å². The van der Waals surface area contributed by atoms with Gasteiger partial charge in [0.15, 0.2) is 0 Å². The summed E-state index contributed by atoms with van der Waals surface area (Å²) in [7, 11) is 0. The van der Waals surface area contributed by atoms with Crippen LogP contribution >= 0.6 is 0 Å². The van der Waals surface area contributed by atoms with Crippen molar-refractivity contribution < 1.29 is 19.5 Å². The van der Waals surface area contributed by atoms with Crippen molar-refractivity contribution in [1.82, 2.24) is 4.90 Å². The van der Waals surface area contributed by atoms with Crippen LogP contribution < -0.4 is 5.73 Å². The van der Waals surface area contributed by atoms with Crippen molar-refractivity contribution in [2.75, 3.05) is 13.2 Å². The third-order valence-electron chi connectivity index (χ3n) is 2.39. The SMILES string of the molecule is CC1=C(C(N)=O)C(=O)N(CCCO)C(=O)C1. The molecule has 88 valence electrons. The summed E-state index contributed by atoms with van der Waals surface area (Å²) in [5.41, 5.74) is 5.37. The second kappa shape index (κ2) is 4.89. The highest BCUT2D eigenvalue weighted by atomic mass is 16.3. The van der Waals surface area contributed by atoms with E-state index >= 15 is 0 Å². The molecule has 0 bridgehead atoms. The molecule has 1 aliphatic rings. The minimum Gasteiger partial charge on any atom is -0.396 e. The fourth-order valence-electron chi connectivity index (χ4n) is 1.61. The molecule has 1 aliphatic heterocycles. The minimum absolute atomic E-state index is 0.0233. The summed E-state index contributed by atoms with van der Waals surface area (Å²) >= 11 is 0. The summed E-state index contributed by atoms with van der Waals surface area (Å²) in [4.78, 5) is 35.3. The van der Waals surface area contributed by atoms with Crippen LogP contribution in [0.1, 0.15) is 19.8 Å². The molecule has 6 nitrogen and oxygen atoms in total. The van der Waals surface area contributed by atoms with Gasteiger partial charge in [-0.05, 0) is 18.9 Å². The molecule has 0 saturated heterocycles. The maximum Gasteiger partial charge on any atom is 0.266 e. The summed E-state index contributed by atoms with van der Waals surface area (Å²) in [5, 5.41) is 8.64. The standard InChI is InChI=1S/C10H14N2O4/c1-6-5-7(14)12(3-2-4-13)10(16)8(6)9(11)15/h13H,2-5H2,1H3,(H2,11,15). The predicted molar refractivity (Wildman–Crippen MR) is 54.9 cm³/mol. The van der Waals surface area contributed by atoms with E-state index in [0.29, 0.717) is 12.0 Å². The summed E-state index contributed by atoms with van der Waals surface area (Å²) < 4.78 is 0. The van der Waals surface area contributed by atoms with E-state index in [0.717, 1.165) is 4.90 Å². The number of imide groups is 1. The Morgan fingerprint density at radius 1 is 1.50 bits per heavy atom. The van der Waals surface area contributed by atoms with Crippen LogP contribution in [0.3, 0.4) is 0 Å². The molecule has 0 aliphatic carbocycles. The molecule has 16 heavy (non-hydrogen) atoms. The molecule has 0 aromatic carbocycles. The van der Waals surface area contributed by atoms with Gasteiger partial charge >= 0.3 is 0 Å². The quantitative estimate of drug-likeness (QED) is 0.470. The van der Waals surface area contributed by atoms with E-state index in [4.69, 9.17) is 10.8 Å². The Kier molecular flexibility index (Phi) is 3.78. The van der Waals surface area contributed by atoms with Gasteiger partial charge in [-0.25, -0.2) is 0 Å². The van der Waals surface area contributed by atoms with Crippen LogP contribution in [0.15, 0.2) is 11.1 Å². The lowest BCUT2D eigenvalue weighted by atomic mass is 9.99. The number of rotatable bonds is 4. The number of nitrogens with two attached hydrogens (primary N) is 1. The molecule has 0 atom stereocenters. The summed E-state index contributed by atoms with van der Waals surface area (Å²) in [6, 6.07) is 0. The molecule has 1 heterocycles. The molecule has 0 aromatic rings. The maximum atomic E-state index is 11.8. The summed E-state index contributed by atoms with van der Waals surface area (Å²) in [6.07, 6.45) is 0.317. The molecule has 0 fully saturated rings. The molecule has 0 spiro atoms. The van der Waals surface area contributed by atoms with Crippen LogP contribution in [-0.2, 0) is 14.4 Å². The number of carbonyl (C=O) groups is 3. The molecule has 0 aromatic heterocycles. The number of hydrogen-bond donors (Lipinski definition) is 2. The van der Waals surface area contributed by atoms with E-state index in [1.165, 1.54) is 0 Å². The Morgan fingerprint density at radius 2 is 2.12 bits per heavy atom. The molecule has 3 N–H and O–H groups in total. The van der Waals surface area contributed by atoms with Crippen LogP contribution in [0.5, 0.6) is 0 Å². The largest absolute Gasteiger partial charge is 0.396 e. The Labute approximate surface area is 92.7 Å². The van der Waals surface area contributed by atoms with Crippen LogP contribution in [0, 0.1) is 0 Å². The average molecular weight is 226 g/mol. The zero-order valence-corrected chi connectivity index (χ0v) is 9.02. The van der Waals surface area contributed by atoms with Crippen LogP contribution in [0.4, 0.5) is 0 Å². The Hall–Kier alpha value is -1.69. The number of amides is 3. The fourth-order valence-corrected chi connectivity index (χ4v) is 1.61. The highest BCUT2D eigenvalue weighted by Crippen LogP contribution is 2.19. The zero-order valence-electron chi connectivity index (χ0n) is 9.02. The molecule has 0 saturated carbocycles. The fraction of sp³-hybridized carbons (Fsp3) is 0.500. The maximum absolute atomic E-state index is 11.8. The van der Waals surface area contributed by atoms with Gasteiger partial charge in [-0.3, -0.25) is 19.3 Å². The van der Waals surface area contributed by atoms with Gasteiger partial charge in [0.1, 0.15) is 5.57 Å². The number of nitrogens with zero attached hydrogens (tertiary/aromatic N) is 1. The Bertz CT molecular complexity index is 373. The first-order chi connectivity index (χ1) is 7.49. The average Bonchev–Trinajstić information content (AvgIpc) is 2.16. The van der Waals surface area contributed by atoms with E-state index in [9.17, 15) is 14.4 Å². The number of hydrogen-bond acceptors (Lipinski definition) is 4. The topological polar surface area (TPSA) is 101 Å². The highest BCUT2D eigenvalue weighted by molar-refractivity contribution is 6.23. The number of aliphatic hydroxyl groups excluding tert-OH is 1. The van der Waals surface area contributed by atoms with Gasteiger partial charge in [-0.1, -0.05) is 0 Å². The normalized spacial score (nSPS) is 17.0. The number of primary amides is 1. The van der Waals surface area contributed by atoms with E-state index in [1.807, 2.05) is 0 Å². The van der Waals surface area contributed by atoms with Crippen LogP contribution in [0.2, 0.25) is 0 Å². The van der Waals surface area contributed by atoms with Gasteiger partial charge in [0.05, 0.1) is 0 Å². The molecule has 6 heteroatoms. The molecule has 3 amide bonds. The van der Waals surface area contributed by atoms with Gasteiger partial charge in [0.2, 0.25) is 5.91 Å². The van der Waals surface area contributed by atoms with Crippen molar-refractivity contribution in [2.45, 2.75) is 19.8 Å². The first kappa shape index (κ1) is 12.4. The third-order valence-corrected chi connectivity index (χ3v) is 2.39. The van der Waals surface area contributed by atoms with Gasteiger partial charge in [-0.15, -0.1) is 0 Å². The molecular weight excluding hydrogens is 212 g/mol. The van der Waals surface area contributed by atoms with E-state index in [2.05, 4.69) is 0 Å². The molecule has 0 radical (unpaired) electrons. The second-order valence-electron chi connectivity index (χ2n) is 3.62. The Balaban J connectivity index is 2.96. The van der Waals surface area contributed by atoms with Crippen LogP contribution in [0.25, 0.3) is 0 Å². The molecular formula is C10H14N2O4. The third kappa shape index (κ3) is 2.27. The van der Waals surface area contributed by atoms with Gasteiger partial charge < -0.3 is 10.8 Å². The van der Waals surface area contributed by atoms with Crippen molar-refractivity contribution in [1.29, 1.82) is 0 Å². The Morgan fingerprint density at radius 3 is 2.62 bits per heavy atom. The molecule has 0 unspecified atom stereocenters. The first-order valence-corrected chi connectivity index (χ1v) is 4.94. The van der Waals surface area contributed by atoms with E-state index in [-0.39, 0.29) is 31.1 Å². The lowest BCUT2D eigenvalue weighted by Gasteiger charge is -2.26. The van der Waals surface area contributed by atoms with Crippen LogP contribution in [-0.4, -0.2) is 40.9 Å². The van der Waals surface area contributed by atoms with Crippen molar-refractivity contribution in [3.8, 4) is 0 Å². The first-order valence-electron chi connectivity index (χ1n) is 4.94. The smallest absolute Gasteiger partial charge is 0.266 e. The lowest BCUT2D eigenvalue weighted by molar-refractivity contribution is -0.143. The van der Waals surface area contributed by atoms with Gasteiger partial charge in [0, 0.05) is 19.6 Å². The predicted octanol–water partition coefficient (Wildman–Crippen LogP) is -1.07. The number of aliphatic hydroxyl groups is 1. The van der Waals surface area contributed by atoms with Crippen molar-refractivity contribution in [3.05, 3.63) is 11.1 Å². The summed E-state index contributed by atoms with van der Waals surface area (Å²) in [5.74, 6) is -1.83. The van der Waals surface area contributed by atoms with E-state index < -0.39 is 11.8 Å². The van der Waals surface area contributed by atoms with Gasteiger partial charge in [-0.2, -0.15) is 0 Å². The number of carbonyl (C=O) groups excluding carboxylic acids is 3. The minimum atomic E-state index is -0.816. The zero-order chi connectivity index (χ0) is 12.3. The molecule has 1 rings (SSSR count). The van der Waals surface area contributed by atoms with Crippen molar-refractivity contribution in [2.24, 2.45) is 5.73 Å². The monoisotopic (exact) mass is 226 g/mol. The lowest BCUT2D eigenvalue weighted by Crippen LogP contribution is -2.45. The van der Waals surface area contributed by atoms with Gasteiger partial charge in [0.25, 0.3) is 11.8 Å². The van der Waals surface area contributed by atoms with E-state index in [1.54, 1.807) is 6.92 Å². The highest BCUT2D eigenvalue weighted by Gasteiger charge is 2.33. The second-order valence-corrected chi connectivity index (χ2v) is 3.62. The summed E-state index contributed by atoms with van der Waals surface area (Å²) in [6.45, 7) is 1.53.